The van der Waals surface area contributed by atoms with Crippen molar-refractivity contribution in [2.45, 2.75) is 49.8 Å². The molecule has 2 unspecified atom stereocenters. The van der Waals surface area contributed by atoms with Crippen molar-refractivity contribution in [1.29, 1.82) is 0 Å². The predicted octanol–water partition coefficient (Wildman–Crippen LogP) is 2.96. The van der Waals surface area contributed by atoms with E-state index in [0.29, 0.717) is 6.04 Å². The van der Waals surface area contributed by atoms with Crippen molar-refractivity contribution in [3.63, 3.8) is 0 Å². The van der Waals surface area contributed by atoms with Crippen LogP contribution in [0, 0.1) is 5.92 Å². The highest BCUT2D eigenvalue weighted by molar-refractivity contribution is 8.00. The molecule has 1 fully saturated rings. The molecule has 80 valence electrons. The lowest BCUT2D eigenvalue weighted by Crippen LogP contribution is -2.35. The molecule has 2 rings (SSSR count). The van der Waals surface area contributed by atoms with Crippen molar-refractivity contribution in [2.24, 2.45) is 11.7 Å². The normalized spacial score (nSPS) is 30.8. The standard InChI is InChI=1S/C12H21NS/c13-11(9-10-5-1-2-6-10)12-7-3-4-8-14-12/h1-2,10-12H,3-9,13H2. The van der Waals surface area contributed by atoms with Gasteiger partial charge in [0, 0.05) is 11.3 Å². The number of nitrogens with two attached hydrogens (primary N) is 1. The van der Waals surface area contributed by atoms with E-state index in [4.69, 9.17) is 5.73 Å². The molecule has 1 aliphatic heterocycles. The van der Waals surface area contributed by atoms with Crippen molar-refractivity contribution < 1.29 is 0 Å². The van der Waals surface area contributed by atoms with Crippen LogP contribution in [0.1, 0.15) is 38.5 Å². The van der Waals surface area contributed by atoms with E-state index in [0.717, 1.165) is 11.2 Å². The minimum atomic E-state index is 0.449. The average Bonchev–Trinajstić information content (AvgIpc) is 2.72. The molecule has 0 saturated carbocycles. The molecule has 2 N–H and O–H groups in total. The van der Waals surface area contributed by atoms with Gasteiger partial charge in [0.25, 0.3) is 0 Å². The molecule has 0 bridgehead atoms. The van der Waals surface area contributed by atoms with Gasteiger partial charge in [0.2, 0.25) is 0 Å². The zero-order chi connectivity index (χ0) is 9.80. The fraction of sp³-hybridized carbons (Fsp3) is 0.833. The first-order valence-electron chi connectivity index (χ1n) is 5.88. The summed E-state index contributed by atoms with van der Waals surface area (Å²) >= 11 is 2.11. The van der Waals surface area contributed by atoms with Crippen LogP contribution in [-0.2, 0) is 0 Å². The zero-order valence-corrected chi connectivity index (χ0v) is 9.64. The fourth-order valence-corrected chi connectivity index (χ4v) is 3.87. The van der Waals surface area contributed by atoms with E-state index in [9.17, 15) is 0 Å². The Morgan fingerprint density at radius 2 is 2.07 bits per heavy atom. The Hall–Kier alpha value is 0.0500. The van der Waals surface area contributed by atoms with Gasteiger partial charge in [0.15, 0.2) is 0 Å². The lowest BCUT2D eigenvalue weighted by atomic mass is 9.94. The van der Waals surface area contributed by atoms with Crippen LogP contribution in [0.2, 0.25) is 0 Å². The van der Waals surface area contributed by atoms with E-state index in [1.807, 2.05) is 0 Å². The summed E-state index contributed by atoms with van der Waals surface area (Å²) in [6.07, 6.45) is 12.6. The molecule has 0 aromatic heterocycles. The second kappa shape index (κ2) is 5.22. The van der Waals surface area contributed by atoms with Gasteiger partial charge in [0.1, 0.15) is 0 Å². The van der Waals surface area contributed by atoms with Gasteiger partial charge in [-0.05, 0) is 43.8 Å². The molecule has 0 aromatic carbocycles. The van der Waals surface area contributed by atoms with Crippen LogP contribution in [0.25, 0.3) is 0 Å². The van der Waals surface area contributed by atoms with Crippen LogP contribution >= 0.6 is 11.8 Å². The van der Waals surface area contributed by atoms with E-state index >= 15 is 0 Å². The Kier molecular flexibility index (Phi) is 3.94. The minimum Gasteiger partial charge on any atom is -0.327 e. The van der Waals surface area contributed by atoms with Crippen LogP contribution < -0.4 is 5.73 Å². The molecule has 1 aliphatic carbocycles. The van der Waals surface area contributed by atoms with Crippen molar-refractivity contribution in [3.8, 4) is 0 Å². The van der Waals surface area contributed by atoms with E-state index < -0.39 is 0 Å². The van der Waals surface area contributed by atoms with Gasteiger partial charge in [0.05, 0.1) is 0 Å². The van der Waals surface area contributed by atoms with Crippen molar-refractivity contribution in [3.05, 3.63) is 12.2 Å². The first kappa shape index (κ1) is 10.6. The maximum absolute atomic E-state index is 6.28. The minimum absolute atomic E-state index is 0.449. The first-order valence-corrected chi connectivity index (χ1v) is 6.93. The molecule has 1 nitrogen and oxygen atoms in total. The summed E-state index contributed by atoms with van der Waals surface area (Å²) in [5.74, 6) is 2.19. The molecule has 0 aromatic rings. The highest BCUT2D eigenvalue weighted by atomic mass is 32.2. The van der Waals surface area contributed by atoms with Crippen LogP contribution in [-0.4, -0.2) is 17.0 Å². The van der Waals surface area contributed by atoms with E-state index in [-0.39, 0.29) is 0 Å². The summed E-state index contributed by atoms with van der Waals surface area (Å²) in [4.78, 5) is 0. The van der Waals surface area contributed by atoms with Gasteiger partial charge in [-0.25, -0.2) is 0 Å². The number of allylic oxidation sites excluding steroid dienone is 2. The third-order valence-corrected chi connectivity index (χ3v) is 4.94. The monoisotopic (exact) mass is 211 g/mol. The highest BCUT2D eigenvalue weighted by Gasteiger charge is 2.24. The Bertz CT molecular complexity index is 188. The SMILES string of the molecule is NC(CC1CC=CC1)C1CCCCS1. The van der Waals surface area contributed by atoms with Crippen LogP contribution in [0.4, 0.5) is 0 Å². The number of rotatable bonds is 3. The predicted molar refractivity (Wildman–Crippen MR) is 64.6 cm³/mol. The Morgan fingerprint density at radius 3 is 2.71 bits per heavy atom. The van der Waals surface area contributed by atoms with Crippen LogP contribution in [0.15, 0.2) is 12.2 Å². The second-order valence-electron chi connectivity index (χ2n) is 4.61. The summed E-state index contributed by atoms with van der Waals surface area (Å²) in [6, 6.07) is 0.449. The molecule has 1 saturated heterocycles. The van der Waals surface area contributed by atoms with E-state index in [1.165, 1.54) is 44.3 Å². The Labute approximate surface area is 91.5 Å². The summed E-state index contributed by atoms with van der Waals surface area (Å²) in [5.41, 5.74) is 6.28. The summed E-state index contributed by atoms with van der Waals surface area (Å²) < 4.78 is 0. The fourth-order valence-electron chi connectivity index (χ4n) is 2.51. The highest BCUT2D eigenvalue weighted by Crippen LogP contribution is 2.31. The third-order valence-electron chi connectivity index (χ3n) is 3.40. The van der Waals surface area contributed by atoms with Crippen molar-refractivity contribution >= 4 is 11.8 Å². The lowest BCUT2D eigenvalue weighted by Gasteiger charge is -2.28. The van der Waals surface area contributed by atoms with Crippen LogP contribution in [0.3, 0.4) is 0 Å². The molecule has 2 atom stereocenters. The summed E-state index contributed by atoms with van der Waals surface area (Å²) in [6.45, 7) is 0. The molecular weight excluding hydrogens is 190 g/mol. The van der Waals surface area contributed by atoms with Crippen LogP contribution in [0.5, 0.6) is 0 Å². The molecule has 2 aliphatic rings. The molecular formula is C12H21NS. The average molecular weight is 211 g/mol. The molecule has 0 amide bonds. The van der Waals surface area contributed by atoms with E-state index in [2.05, 4.69) is 23.9 Å². The number of thioether (sulfide) groups is 1. The molecule has 1 heterocycles. The maximum Gasteiger partial charge on any atom is 0.0199 e. The van der Waals surface area contributed by atoms with Gasteiger partial charge in [-0.1, -0.05) is 18.6 Å². The molecule has 0 spiro atoms. The Balaban J connectivity index is 1.73. The lowest BCUT2D eigenvalue weighted by molar-refractivity contribution is 0.430. The first-order chi connectivity index (χ1) is 6.86. The van der Waals surface area contributed by atoms with Gasteiger partial charge < -0.3 is 5.73 Å². The largest absolute Gasteiger partial charge is 0.327 e. The van der Waals surface area contributed by atoms with Crippen molar-refractivity contribution in [2.75, 3.05) is 5.75 Å². The molecule has 0 radical (unpaired) electrons. The summed E-state index contributed by atoms with van der Waals surface area (Å²) in [7, 11) is 0. The number of hydrogen-bond acceptors (Lipinski definition) is 2. The summed E-state index contributed by atoms with van der Waals surface area (Å²) in [5, 5.41) is 0.754. The Morgan fingerprint density at radius 1 is 1.29 bits per heavy atom. The van der Waals surface area contributed by atoms with Gasteiger partial charge in [-0.3, -0.25) is 0 Å². The smallest absolute Gasteiger partial charge is 0.0199 e. The number of hydrogen-bond donors (Lipinski definition) is 1. The molecule has 2 heteroatoms. The van der Waals surface area contributed by atoms with Gasteiger partial charge in [-0.2, -0.15) is 11.8 Å². The quantitative estimate of drug-likeness (QED) is 0.726. The van der Waals surface area contributed by atoms with Gasteiger partial charge in [-0.15, -0.1) is 0 Å². The van der Waals surface area contributed by atoms with Gasteiger partial charge >= 0.3 is 0 Å². The maximum atomic E-state index is 6.28. The van der Waals surface area contributed by atoms with E-state index in [1.54, 1.807) is 0 Å². The topological polar surface area (TPSA) is 26.0 Å². The third kappa shape index (κ3) is 2.77. The van der Waals surface area contributed by atoms with Crippen molar-refractivity contribution in [1.82, 2.24) is 0 Å². The zero-order valence-electron chi connectivity index (χ0n) is 8.82. The second-order valence-corrected chi connectivity index (χ2v) is 5.96. The molecule has 14 heavy (non-hydrogen) atoms.